The van der Waals surface area contributed by atoms with E-state index in [-0.39, 0.29) is 0 Å². The third-order valence-electron chi connectivity index (χ3n) is 2.54. The first kappa shape index (κ1) is 13.1. The van der Waals surface area contributed by atoms with Crippen LogP contribution in [0.1, 0.15) is 15.2 Å². The van der Waals surface area contributed by atoms with E-state index in [4.69, 9.17) is 11.6 Å². The standard InChI is InChI=1S/C13H11ClFNOS/c1-16(7-10-3-5-13(14)18-10)12-4-2-9(8-17)6-11(12)15/h2-6,8H,7H2,1H3. The maximum Gasteiger partial charge on any atom is 0.150 e. The molecule has 0 saturated heterocycles. The Hall–Kier alpha value is -1.39. The molecule has 0 fully saturated rings. The van der Waals surface area contributed by atoms with Crippen LogP contribution in [-0.2, 0) is 6.54 Å². The first-order chi connectivity index (χ1) is 8.60. The molecule has 0 unspecified atom stereocenters. The summed E-state index contributed by atoms with van der Waals surface area (Å²) in [4.78, 5) is 13.4. The van der Waals surface area contributed by atoms with E-state index in [0.29, 0.717) is 24.1 Å². The molecule has 5 heteroatoms. The van der Waals surface area contributed by atoms with Crippen LogP contribution in [0, 0.1) is 5.82 Å². The summed E-state index contributed by atoms with van der Waals surface area (Å²) in [5.74, 6) is -0.398. The van der Waals surface area contributed by atoms with Crippen molar-refractivity contribution in [2.24, 2.45) is 0 Å². The summed E-state index contributed by atoms with van der Waals surface area (Å²) in [5, 5.41) is 0. The second-order valence-corrected chi connectivity index (χ2v) is 5.69. The van der Waals surface area contributed by atoms with Crippen molar-refractivity contribution in [3.05, 3.63) is 50.9 Å². The number of hydrogen-bond donors (Lipinski definition) is 0. The van der Waals surface area contributed by atoms with Crippen molar-refractivity contribution in [2.45, 2.75) is 6.54 Å². The summed E-state index contributed by atoms with van der Waals surface area (Å²) in [6.07, 6.45) is 0.631. The molecular formula is C13H11ClFNOS. The zero-order valence-corrected chi connectivity index (χ0v) is 11.3. The molecule has 0 aliphatic carbocycles. The Labute approximate surface area is 114 Å². The number of hydrogen-bond acceptors (Lipinski definition) is 3. The van der Waals surface area contributed by atoms with Gasteiger partial charge in [0.1, 0.15) is 12.1 Å². The normalized spacial score (nSPS) is 10.4. The zero-order valence-electron chi connectivity index (χ0n) is 9.69. The Kier molecular flexibility index (Phi) is 3.99. The molecule has 18 heavy (non-hydrogen) atoms. The molecule has 2 rings (SSSR count). The van der Waals surface area contributed by atoms with Gasteiger partial charge in [-0.1, -0.05) is 11.6 Å². The number of rotatable bonds is 4. The number of halogens is 2. The molecule has 0 aliphatic heterocycles. The lowest BCUT2D eigenvalue weighted by Crippen LogP contribution is -2.17. The highest BCUT2D eigenvalue weighted by Crippen LogP contribution is 2.25. The van der Waals surface area contributed by atoms with Gasteiger partial charge in [0.25, 0.3) is 0 Å². The van der Waals surface area contributed by atoms with E-state index in [0.717, 1.165) is 9.21 Å². The molecule has 2 aromatic rings. The molecule has 0 radical (unpaired) electrons. The van der Waals surface area contributed by atoms with E-state index in [9.17, 15) is 9.18 Å². The molecule has 0 aliphatic rings. The first-order valence-electron chi connectivity index (χ1n) is 5.30. The molecule has 0 N–H and O–H groups in total. The van der Waals surface area contributed by atoms with Crippen molar-refractivity contribution < 1.29 is 9.18 Å². The second kappa shape index (κ2) is 5.50. The predicted molar refractivity (Wildman–Crippen MR) is 73.2 cm³/mol. The minimum absolute atomic E-state index is 0.337. The van der Waals surface area contributed by atoms with Crippen molar-refractivity contribution in [1.29, 1.82) is 0 Å². The highest BCUT2D eigenvalue weighted by molar-refractivity contribution is 7.16. The van der Waals surface area contributed by atoms with Crippen LogP contribution in [0.15, 0.2) is 30.3 Å². The number of carbonyl (C=O) groups excluding carboxylic acids is 1. The minimum atomic E-state index is -0.398. The van der Waals surface area contributed by atoms with Crippen LogP contribution >= 0.6 is 22.9 Å². The van der Waals surface area contributed by atoms with Crippen LogP contribution in [0.3, 0.4) is 0 Å². The number of anilines is 1. The van der Waals surface area contributed by atoms with Crippen molar-refractivity contribution in [3.63, 3.8) is 0 Å². The van der Waals surface area contributed by atoms with Gasteiger partial charge in [-0.2, -0.15) is 0 Å². The number of thiophene rings is 1. The van der Waals surface area contributed by atoms with E-state index in [1.807, 2.05) is 12.1 Å². The summed E-state index contributed by atoms with van der Waals surface area (Å²) in [5.41, 5.74) is 0.800. The number of aldehydes is 1. The average Bonchev–Trinajstić information content (AvgIpc) is 2.74. The molecule has 0 bridgehead atoms. The third-order valence-corrected chi connectivity index (χ3v) is 3.76. The second-order valence-electron chi connectivity index (χ2n) is 3.89. The van der Waals surface area contributed by atoms with Crippen molar-refractivity contribution >= 4 is 34.9 Å². The lowest BCUT2D eigenvalue weighted by molar-refractivity contribution is 0.112. The molecule has 0 atom stereocenters. The van der Waals surface area contributed by atoms with E-state index in [1.165, 1.54) is 17.4 Å². The fourth-order valence-corrected chi connectivity index (χ4v) is 2.80. The van der Waals surface area contributed by atoms with Crippen LogP contribution in [0.25, 0.3) is 0 Å². The van der Waals surface area contributed by atoms with Gasteiger partial charge in [-0.3, -0.25) is 4.79 Å². The van der Waals surface area contributed by atoms with Gasteiger partial charge >= 0.3 is 0 Å². The highest BCUT2D eigenvalue weighted by atomic mass is 35.5. The van der Waals surface area contributed by atoms with Gasteiger partial charge in [0.2, 0.25) is 0 Å². The first-order valence-corrected chi connectivity index (χ1v) is 6.49. The lowest BCUT2D eigenvalue weighted by atomic mass is 10.2. The van der Waals surface area contributed by atoms with Gasteiger partial charge < -0.3 is 4.90 Å². The Morgan fingerprint density at radius 1 is 1.39 bits per heavy atom. The fourth-order valence-electron chi connectivity index (χ4n) is 1.66. The Morgan fingerprint density at radius 3 is 2.72 bits per heavy atom. The Morgan fingerprint density at radius 2 is 2.17 bits per heavy atom. The molecular weight excluding hydrogens is 273 g/mol. The van der Waals surface area contributed by atoms with Gasteiger partial charge in [0.05, 0.1) is 16.6 Å². The number of carbonyl (C=O) groups is 1. The van der Waals surface area contributed by atoms with Crippen LogP contribution in [0.5, 0.6) is 0 Å². The van der Waals surface area contributed by atoms with Crippen LogP contribution in [0.2, 0.25) is 4.34 Å². The quantitative estimate of drug-likeness (QED) is 0.791. The molecule has 1 aromatic carbocycles. The Bertz CT molecular complexity index is 570. The lowest BCUT2D eigenvalue weighted by Gasteiger charge is -2.19. The summed E-state index contributed by atoms with van der Waals surface area (Å²) in [6.45, 7) is 0.578. The van der Waals surface area contributed by atoms with Gasteiger partial charge in [0, 0.05) is 17.5 Å². The summed E-state index contributed by atoms with van der Waals surface area (Å²) >= 11 is 7.32. The van der Waals surface area contributed by atoms with E-state index < -0.39 is 5.82 Å². The molecule has 94 valence electrons. The largest absolute Gasteiger partial charge is 0.367 e. The summed E-state index contributed by atoms with van der Waals surface area (Å²) in [7, 11) is 1.80. The molecule has 0 saturated carbocycles. The molecule has 1 aromatic heterocycles. The average molecular weight is 284 g/mol. The minimum Gasteiger partial charge on any atom is -0.367 e. The maximum absolute atomic E-state index is 13.8. The van der Waals surface area contributed by atoms with Crippen LogP contribution in [-0.4, -0.2) is 13.3 Å². The monoisotopic (exact) mass is 283 g/mol. The highest BCUT2D eigenvalue weighted by Gasteiger charge is 2.10. The molecule has 0 amide bonds. The smallest absolute Gasteiger partial charge is 0.150 e. The summed E-state index contributed by atoms with van der Waals surface area (Å²) < 4.78 is 14.5. The number of nitrogens with zero attached hydrogens (tertiary/aromatic N) is 1. The van der Waals surface area contributed by atoms with Gasteiger partial charge in [0.15, 0.2) is 0 Å². The topological polar surface area (TPSA) is 20.3 Å². The van der Waals surface area contributed by atoms with Gasteiger partial charge in [-0.25, -0.2) is 4.39 Å². The fraction of sp³-hybridized carbons (Fsp3) is 0.154. The summed E-state index contributed by atoms with van der Waals surface area (Å²) in [6, 6.07) is 8.18. The van der Waals surface area contributed by atoms with Gasteiger partial charge in [-0.05, 0) is 30.3 Å². The van der Waals surface area contributed by atoms with Crippen molar-refractivity contribution in [3.8, 4) is 0 Å². The SMILES string of the molecule is CN(Cc1ccc(Cl)s1)c1ccc(C=O)cc1F. The van der Waals surface area contributed by atoms with E-state index >= 15 is 0 Å². The molecule has 0 spiro atoms. The van der Waals surface area contributed by atoms with Crippen molar-refractivity contribution in [1.82, 2.24) is 0 Å². The molecule has 1 heterocycles. The number of benzene rings is 1. The molecule has 2 nitrogen and oxygen atoms in total. The van der Waals surface area contributed by atoms with Gasteiger partial charge in [-0.15, -0.1) is 11.3 Å². The van der Waals surface area contributed by atoms with Crippen molar-refractivity contribution in [2.75, 3.05) is 11.9 Å². The van der Waals surface area contributed by atoms with E-state index in [1.54, 1.807) is 24.1 Å². The van der Waals surface area contributed by atoms with Crippen LogP contribution < -0.4 is 4.90 Å². The Balaban J connectivity index is 2.18. The maximum atomic E-state index is 13.8. The van der Waals surface area contributed by atoms with E-state index in [2.05, 4.69) is 0 Å². The zero-order chi connectivity index (χ0) is 13.1. The predicted octanol–water partition coefficient (Wildman–Crippen LogP) is 3.99. The van der Waals surface area contributed by atoms with Crippen LogP contribution in [0.4, 0.5) is 10.1 Å². The third kappa shape index (κ3) is 2.89.